The van der Waals surface area contributed by atoms with Crippen LogP contribution in [0.5, 0.6) is 0 Å². The summed E-state index contributed by atoms with van der Waals surface area (Å²) in [5, 5.41) is 0. The highest BCUT2D eigenvalue weighted by Crippen LogP contribution is 2.30. The van der Waals surface area contributed by atoms with Crippen LogP contribution in [0, 0.1) is 5.82 Å². The van der Waals surface area contributed by atoms with Gasteiger partial charge in [-0.05, 0) is 37.0 Å². The van der Waals surface area contributed by atoms with Gasteiger partial charge in [-0.1, -0.05) is 12.1 Å². The van der Waals surface area contributed by atoms with Gasteiger partial charge < -0.3 is 9.80 Å². The third kappa shape index (κ3) is 4.28. The predicted molar refractivity (Wildman–Crippen MR) is 105 cm³/mol. The van der Waals surface area contributed by atoms with Crippen LogP contribution in [-0.2, 0) is 29.0 Å². The molecule has 1 aromatic carbocycles. The molecular formula is C22H25FN4O2. The van der Waals surface area contributed by atoms with Crippen LogP contribution in [0.2, 0.25) is 0 Å². The summed E-state index contributed by atoms with van der Waals surface area (Å²) in [5.41, 5.74) is 2.62. The van der Waals surface area contributed by atoms with Crippen molar-refractivity contribution in [3.05, 3.63) is 58.9 Å². The standard InChI is InChI=1S/C22H25FN4O2/c1-15(28)26-10-8-19-17(14-26)13-24-22(25-19)20-7-2-3-9-27(20)21(29)12-16-5-4-6-18(23)11-16/h4-6,11,13,20H,2-3,7-10,12,14H2,1H3/t20-/m0/s1. The number of carbonyl (C=O) groups excluding carboxylic acids is 2. The van der Waals surface area contributed by atoms with Crippen LogP contribution in [0.15, 0.2) is 30.5 Å². The number of likely N-dealkylation sites (tertiary alicyclic amines) is 1. The fourth-order valence-electron chi connectivity index (χ4n) is 4.18. The smallest absolute Gasteiger partial charge is 0.227 e. The number of amides is 2. The lowest BCUT2D eigenvalue weighted by Gasteiger charge is -2.35. The van der Waals surface area contributed by atoms with Crippen LogP contribution in [-0.4, -0.2) is 44.7 Å². The molecule has 1 aromatic heterocycles. The molecule has 0 spiro atoms. The quantitative estimate of drug-likeness (QED) is 0.800. The molecule has 2 aliphatic heterocycles. The summed E-state index contributed by atoms with van der Waals surface area (Å²) in [7, 11) is 0. The van der Waals surface area contributed by atoms with Gasteiger partial charge in [-0.15, -0.1) is 0 Å². The Bertz CT molecular complexity index is 933. The number of piperidine rings is 1. The van der Waals surface area contributed by atoms with Crippen LogP contribution < -0.4 is 0 Å². The summed E-state index contributed by atoms with van der Waals surface area (Å²) in [6.45, 7) is 3.44. The molecule has 0 saturated carbocycles. The van der Waals surface area contributed by atoms with E-state index in [-0.39, 0.29) is 30.1 Å². The maximum absolute atomic E-state index is 13.5. The van der Waals surface area contributed by atoms with E-state index in [1.165, 1.54) is 12.1 Å². The lowest BCUT2D eigenvalue weighted by atomic mass is 9.99. The highest BCUT2D eigenvalue weighted by atomic mass is 19.1. The molecule has 0 bridgehead atoms. The van der Waals surface area contributed by atoms with E-state index < -0.39 is 0 Å². The number of fused-ring (bicyclic) bond motifs is 1. The Labute approximate surface area is 169 Å². The van der Waals surface area contributed by atoms with Crippen molar-refractivity contribution in [3.8, 4) is 0 Å². The van der Waals surface area contributed by atoms with E-state index in [4.69, 9.17) is 4.98 Å². The van der Waals surface area contributed by atoms with Gasteiger partial charge in [0.25, 0.3) is 0 Å². The lowest BCUT2D eigenvalue weighted by molar-refractivity contribution is -0.134. The minimum Gasteiger partial charge on any atom is -0.338 e. The zero-order valence-electron chi connectivity index (χ0n) is 16.6. The molecule has 0 radical (unpaired) electrons. The second-order valence-corrected chi connectivity index (χ2v) is 7.80. The monoisotopic (exact) mass is 396 g/mol. The molecule has 0 unspecified atom stereocenters. The van der Waals surface area contributed by atoms with E-state index in [1.807, 2.05) is 4.90 Å². The molecule has 0 N–H and O–H groups in total. The number of benzene rings is 1. The summed E-state index contributed by atoms with van der Waals surface area (Å²) >= 11 is 0. The van der Waals surface area contributed by atoms with Crippen LogP contribution >= 0.6 is 0 Å². The van der Waals surface area contributed by atoms with E-state index in [0.717, 1.165) is 30.5 Å². The van der Waals surface area contributed by atoms with Crippen molar-refractivity contribution >= 4 is 11.8 Å². The first kappa shape index (κ1) is 19.5. The first-order valence-electron chi connectivity index (χ1n) is 10.2. The minimum atomic E-state index is -0.330. The minimum absolute atomic E-state index is 0.0237. The molecule has 6 nitrogen and oxygen atoms in total. The second-order valence-electron chi connectivity index (χ2n) is 7.80. The fraction of sp³-hybridized carbons (Fsp3) is 0.455. The summed E-state index contributed by atoms with van der Waals surface area (Å²) in [6.07, 6.45) is 5.47. The van der Waals surface area contributed by atoms with Crippen molar-refractivity contribution in [3.63, 3.8) is 0 Å². The topological polar surface area (TPSA) is 66.4 Å². The number of hydrogen-bond acceptors (Lipinski definition) is 4. The maximum atomic E-state index is 13.5. The molecule has 1 saturated heterocycles. The van der Waals surface area contributed by atoms with Crippen molar-refractivity contribution < 1.29 is 14.0 Å². The molecule has 2 amide bonds. The summed E-state index contributed by atoms with van der Waals surface area (Å²) < 4.78 is 13.5. The summed E-state index contributed by atoms with van der Waals surface area (Å²) in [6, 6.07) is 6.04. The lowest BCUT2D eigenvalue weighted by Crippen LogP contribution is -2.40. The van der Waals surface area contributed by atoms with Gasteiger partial charge in [-0.3, -0.25) is 9.59 Å². The summed E-state index contributed by atoms with van der Waals surface area (Å²) in [5.74, 6) is 0.376. The molecule has 4 rings (SSSR count). The van der Waals surface area contributed by atoms with E-state index in [2.05, 4.69) is 4.98 Å². The van der Waals surface area contributed by atoms with E-state index in [1.54, 1.807) is 30.2 Å². The van der Waals surface area contributed by atoms with Crippen molar-refractivity contribution in [2.75, 3.05) is 13.1 Å². The Morgan fingerprint density at radius 2 is 2.10 bits per heavy atom. The molecule has 2 aliphatic rings. The highest BCUT2D eigenvalue weighted by molar-refractivity contribution is 5.79. The first-order chi connectivity index (χ1) is 14.0. The van der Waals surface area contributed by atoms with Gasteiger partial charge in [-0.25, -0.2) is 14.4 Å². The van der Waals surface area contributed by atoms with Gasteiger partial charge in [0.05, 0.1) is 18.2 Å². The molecule has 0 aliphatic carbocycles. The number of nitrogens with zero attached hydrogens (tertiary/aromatic N) is 4. The molecule has 29 heavy (non-hydrogen) atoms. The molecule has 152 valence electrons. The Balaban J connectivity index is 1.53. The predicted octanol–water partition coefficient (Wildman–Crippen LogP) is 2.82. The zero-order valence-corrected chi connectivity index (χ0v) is 16.6. The van der Waals surface area contributed by atoms with E-state index in [9.17, 15) is 14.0 Å². The Morgan fingerprint density at radius 1 is 1.24 bits per heavy atom. The largest absolute Gasteiger partial charge is 0.338 e. The van der Waals surface area contributed by atoms with Crippen LogP contribution in [0.3, 0.4) is 0 Å². The Hall–Kier alpha value is -2.83. The Kier molecular flexibility index (Phi) is 5.56. The average Bonchev–Trinajstić information content (AvgIpc) is 2.73. The second kappa shape index (κ2) is 8.27. The third-order valence-electron chi connectivity index (χ3n) is 5.76. The number of halogens is 1. The molecule has 7 heteroatoms. The molecule has 2 aromatic rings. The van der Waals surface area contributed by atoms with Gasteiger partial charge in [0, 0.05) is 44.7 Å². The van der Waals surface area contributed by atoms with Crippen molar-refractivity contribution in [1.29, 1.82) is 0 Å². The molecular weight excluding hydrogens is 371 g/mol. The van der Waals surface area contributed by atoms with Gasteiger partial charge in [0.2, 0.25) is 11.8 Å². The fourth-order valence-corrected chi connectivity index (χ4v) is 4.18. The van der Waals surface area contributed by atoms with E-state index >= 15 is 0 Å². The van der Waals surface area contributed by atoms with Crippen molar-refractivity contribution in [2.24, 2.45) is 0 Å². The van der Waals surface area contributed by atoms with E-state index in [0.29, 0.717) is 37.4 Å². The SMILES string of the molecule is CC(=O)N1CCc2nc([C@@H]3CCCCN3C(=O)Cc3cccc(F)c3)ncc2C1. The van der Waals surface area contributed by atoms with Gasteiger partial charge in [0.15, 0.2) is 5.82 Å². The van der Waals surface area contributed by atoms with Gasteiger partial charge in [-0.2, -0.15) is 0 Å². The van der Waals surface area contributed by atoms with Gasteiger partial charge in [0.1, 0.15) is 5.82 Å². The molecule has 1 fully saturated rings. The molecule has 1 atom stereocenters. The maximum Gasteiger partial charge on any atom is 0.227 e. The summed E-state index contributed by atoms with van der Waals surface area (Å²) in [4.78, 5) is 37.6. The highest BCUT2D eigenvalue weighted by Gasteiger charge is 2.31. The average molecular weight is 396 g/mol. The van der Waals surface area contributed by atoms with Gasteiger partial charge >= 0.3 is 0 Å². The number of carbonyl (C=O) groups is 2. The van der Waals surface area contributed by atoms with Crippen molar-refractivity contribution in [1.82, 2.24) is 19.8 Å². The van der Waals surface area contributed by atoms with Crippen LogP contribution in [0.1, 0.15) is 54.9 Å². The van der Waals surface area contributed by atoms with Crippen molar-refractivity contribution in [2.45, 2.75) is 51.6 Å². The normalized spacial score (nSPS) is 19.0. The third-order valence-corrected chi connectivity index (χ3v) is 5.76. The van der Waals surface area contributed by atoms with Crippen LogP contribution in [0.25, 0.3) is 0 Å². The Morgan fingerprint density at radius 3 is 2.90 bits per heavy atom. The first-order valence-corrected chi connectivity index (χ1v) is 10.2. The van der Waals surface area contributed by atoms with Crippen LogP contribution in [0.4, 0.5) is 4.39 Å². The zero-order chi connectivity index (χ0) is 20.4. The molecule has 3 heterocycles. The number of hydrogen-bond donors (Lipinski definition) is 0. The number of rotatable bonds is 3. The number of aromatic nitrogens is 2.